The van der Waals surface area contributed by atoms with Gasteiger partial charge in [0.05, 0.1) is 23.5 Å². The number of aliphatic carboxylic acids is 1. The molecule has 0 aliphatic carbocycles. The van der Waals surface area contributed by atoms with Crippen LogP contribution in [0.1, 0.15) is 43.9 Å². The molecule has 1 unspecified atom stereocenters. The Bertz CT molecular complexity index is 1400. The van der Waals surface area contributed by atoms with Crippen LogP contribution in [0.2, 0.25) is 0 Å². The van der Waals surface area contributed by atoms with Crippen LogP contribution in [0.3, 0.4) is 0 Å². The van der Waals surface area contributed by atoms with Crippen molar-refractivity contribution in [2.45, 2.75) is 38.7 Å². The molecule has 0 radical (unpaired) electrons. The number of Topliss-reactive ketones (excluding diaryl/α,β-unsaturated/α-hetero) is 1. The molecule has 7 heteroatoms. The third kappa shape index (κ3) is 4.61. The SMILES string of the molecule is CC(C)c1c(C=CC(O)CC(=O)CC(=O)O)c(-c2ccc(F)cc2)c2c3ccccc3cnn12. The van der Waals surface area contributed by atoms with Crippen LogP contribution in [0.4, 0.5) is 4.39 Å². The number of rotatable bonds is 8. The van der Waals surface area contributed by atoms with Crippen molar-refractivity contribution < 1.29 is 24.2 Å². The Labute approximate surface area is 196 Å². The average Bonchev–Trinajstić information content (AvgIpc) is 3.12. The molecule has 6 nitrogen and oxygen atoms in total. The number of ketones is 1. The molecule has 174 valence electrons. The van der Waals surface area contributed by atoms with Gasteiger partial charge in [0.2, 0.25) is 0 Å². The predicted molar refractivity (Wildman–Crippen MR) is 129 cm³/mol. The van der Waals surface area contributed by atoms with E-state index in [4.69, 9.17) is 5.11 Å². The summed E-state index contributed by atoms with van der Waals surface area (Å²) in [5.41, 5.74) is 4.20. The summed E-state index contributed by atoms with van der Waals surface area (Å²) in [7, 11) is 0. The Morgan fingerprint density at radius 2 is 1.82 bits per heavy atom. The zero-order valence-electron chi connectivity index (χ0n) is 18.9. The Morgan fingerprint density at radius 1 is 1.12 bits per heavy atom. The van der Waals surface area contributed by atoms with E-state index in [0.717, 1.165) is 38.7 Å². The van der Waals surface area contributed by atoms with Crippen LogP contribution in [-0.4, -0.2) is 37.7 Å². The third-order valence-electron chi connectivity index (χ3n) is 5.70. The number of nitrogens with zero attached hydrogens (tertiary/aromatic N) is 2. The lowest BCUT2D eigenvalue weighted by atomic mass is 9.95. The first-order chi connectivity index (χ1) is 16.3. The van der Waals surface area contributed by atoms with E-state index in [1.807, 2.05) is 42.6 Å². The van der Waals surface area contributed by atoms with Gasteiger partial charge < -0.3 is 10.2 Å². The lowest BCUT2D eigenvalue weighted by Gasteiger charge is -2.09. The van der Waals surface area contributed by atoms with E-state index in [9.17, 15) is 19.1 Å². The minimum atomic E-state index is -1.22. The molecule has 2 heterocycles. The summed E-state index contributed by atoms with van der Waals surface area (Å²) in [6.07, 6.45) is 2.98. The minimum Gasteiger partial charge on any atom is -0.481 e. The number of carbonyl (C=O) groups is 2. The zero-order chi connectivity index (χ0) is 24.4. The zero-order valence-corrected chi connectivity index (χ0v) is 18.9. The highest BCUT2D eigenvalue weighted by Crippen LogP contribution is 2.40. The molecule has 0 saturated carbocycles. The quantitative estimate of drug-likeness (QED) is 0.352. The second kappa shape index (κ2) is 9.57. The van der Waals surface area contributed by atoms with E-state index in [1.54, 1.807) is 24.4 Å². The molecule has 0 fully saturated rings. The van der Waals surface area contributed by atoms with Crippen molar-refractivity contribution in [3.63, 3.8) is 0 Å². The van der Waals surface area contributed by atoms with Gasteiger partial charge >= 0.3 is 5.97 Å². The molecule has 2 aromatic heterocycles. The van der Waals surface area contributed by atoms with Crippen LogP contribution in [0.15, 0.2) is 60.8 Å². The molecule has 0 spiro atoms. The highest BCUT2D eigenvalue weighted by molar-refractivity contribution is 6.06. The number of halogens is 1. The number of aromatic nitrogens is 2. The van der Waals surface area contributed by atoms with Crippen molar-refractivity contribution in [1.82, 2.24) is 9.61 Å². The van der Waals surface area contributed by atoms with Crippen molar-refractivity contribution in [3.8, 4) is 11.1 Å². The number of carboxylic acids is 1. The number of hydrogen-bond donors (Lipinski definition) is 2. The summed E-state index contributed by atoms with van der Waals surface area (Å²) in [4.78, 5) is 22.6. The second-order valence-electron chi connectivity index (χ2n) is 8.57. The Balaban J connectivity index is 1.94. The number of aliphatic hydroxyl groups excluding tert-OH is 1. The van der Waals surface area contributed by atoms with Gasteiger partial charge in [-0.3, -0.25) is 9.59 Å². The lowest BCUT2D eigenvalue weighted by Crippen LogP contribution is -2.14. The summed E-state index contributed by atoms with van der Waals surface area (Å²) >= 11 is 0. The summed E-state index contributed by atoms with van der Waals surface area (Å²) in [5.74, 6) is -2.06. The van der Waals surface area contributed by atoms with Crippen LogP contribution in [-0.2, 0) is 9.59 Å². The van der Waals surface area contributed by atoms with E-state index in [0.29, 0.717) is 0 Å². The van der Waals surface area contributed by atoms with E-state index in [2.05, 4.69) is 5.10 Å². The Hall–Kier alpha value is -3.84. The van der Waals surface area contributed by atoms with E-state index < -0.39 is 24.3 Å². The summed E-state index contributed by atoms with van der Waals surface area (Å²) in [5, 5.41) is 25.8. The van der Waals surface area contributed by atoms with Gasteiger partial charge in [-0.05, 0) is 23.6 Å². The lowest BCUT2D eigenvalue weighted by molar-refractivity contribution is -0.140. The first-order valence-corrected chi connectivity index (χ1v) is 11.0. The second-order valence-corrected chi connectivity index (χ2v) is 8.57. The average molecular weight is 461 g/mol. The van der Waals surface area contributed by atoms with Gasteiger partial charge in [0, 0.05) is 28.3 Å². The molecule has 0 aliphatic heterocycles. The minimum absolute atomic E-state index is 0.0563. The number of carboxylic acid groups (broad SMARTS) is 1. The van der Waals surface area contributed by atoms with Gasteiger partial charge in [-0.25, -0.2) is 8.91 Å². The number of aliphatic hydroxyl groups is 1. The maximum Gasteiger partial charge on any atom is 0.310 e. The Kier molecular flexibility index (Phi) is 6.56. The standard InChI is InChI=1S/C27H25FN2O4/c1-16(2)26-23(12-11-20(31)13-21(32)14-24(33)34)25(17-7-9-19(28)10-8-17)27-22-6-4-3-5-18(22)15-29-30(26)27/h3-12,15-16,20,31H,13-14H2,1-2H3,(H,33,34). The molecule has 2 aromatic carbocycles. The molecule has 4 aromatic rings. The Morgan fingerprint density at radius 3 is 2.50 bits per heavy atom. The third-order valence-corrected chi connectivity index (χ3v) is 5.70. The number of fused-ring (bicyclic) bond motifs is 3. The van der Waals surface area contributed by atoms with Crippen molar-refractivity contribution in [2.75, 3.05) is 0 Å². The van der Waals surface area contributed by atoms with Crippen molar-refractivity contribution >= 4 is 34.1 Å². The monoisotopic (exact) mass is 460 g/mol. The normalized spacial score (nSPS) is 12.7. The first-order valence-electron chi connectivity index (χ1n) is 11.0. The van der Waals surface area contributed by atoms with Gasteiger partial charge in [0.15, 0.2) is 0 Å². The fraction of sp³-hybridized carbons (Fsp3) is 0.222. The number of carbonyl (C=O) groups excluding carboxylic acids is 1. The fourth-order valence-corrected chi connectivity index (χ4v) is 4.29. The van der Waals surface area contributed by atoms with E-state index in [1.165, 1.54) is 18.2 Å². The summed E-state index contributed by atoms with van der Waals surface area (Å²) in [6.45, 7) is 4.08. The van der Waals surface area contributed by atoms with Crippen LogP contribution in [0.5, 0.6) is 0 Å². The largest absolute Gasteiger partial charge is 0.481 e. The van der Waals surface area contributed by atoms with E-state index >= 15 is 0 Å². The molecule has 1 atom stereocenters. The van der Waals surface area contributed by atoms with E-state index in [-0.39, 0.29) is 18.2 Å². The smallest absolute Gasteiger partial charge is 0.310 e. The van der Waals surface area contributed by atoms with Crippen LogP contribution >= 0.6 is 0 Å². The van der Waals surface area contributed by atoms with Gasteiger partial charge in [-0.2, -0.15) is 5.10 Å². The van der Waals surface area contributed by atoms with Crippen LogP contribution < -0.4 is 0 Å². The molecular weight excluding hydrogens is 435 g/mol. The van der Waals surface area contributed by atoms with Gasteiger partial charge in [-0.15, -0.1) is 0 Å². The summed E-state index contributed by atoms with van der Waals surface area (Å²) < 4.78 is 15.6. The summed E-state index contributed by atoms with van der Waals surface area (Å²) in [6, 6.07) is 14.1. The van der Waals surface area contributed by atoms with Gasteiger partial charge in [-0.1, -0.05) is 62.4 Å². The molecule has 2 N–H and O–H groups in total. The fourth-order valence-electron chi connectivity index (χ4n) is 4.29. The van der Waals surface area contributed by atoms with Crippen molar-refractivity contribution in [1.29, 1.82) is 0 Å². The number of hydrogen-bond acceptors (Lipinski definition) is 4. The molecule has 0 amide bonds. The molecule has 0 saturated heterocycles. The molecule has 0 bridgehead atoms. The van der Waals surface area contributed by atoms with Crippen LogP contribution in [0, 0.1) is 5.82 Å². The topological polar surface area (TPSA) is 91.9 Å². The highest BCUT2D eigenvalue weighted by atomic mass is 19.1. The van der Waals surface area contributed by atoms with Crippen LogP contribution in [0.25, 0.3) is 33.5 Å². The van der Waals surface area contributed by atoms with Gasteiger partial charge in [0.1, 0.15) is 18.0 Å². The van der Waals surface area contributed by atoms with Gasteiger partial charge in [0.25, 0.3) is 0 Å². The first kappa shape index (κ1) is 23.3. The maximum atomic E-state index is 13.7. The molecule has 4 rings (SSSR count). The highest BCUT2D eigenvalue weighted by Gasteiger charge is 2.23. The molecule has 34 heavy (non-hydrogen) atoms. The predicted octanol–water partition coefficient (Wildman–Crippen LogP) is 5.23. The number of benzene rings is 2. The molecular formula is C27H25FN2O4. The molecule has 0 aliphatic rings. The van der Waals surface area contributed by atoms with Crippen molar-refractivity contribution in [2.24, 2.45) is 0 Å². The van der Waals surface area contributed by atoms with Crippen molar-refractivity contribution in [3.05, 3.63) is 77.9 Å². The maximum absolute atomic E-state index is 13.7.